The van der Waals surface area contributed by atoms with Crippen LogP contribution in [-0.4, -0.2) is 47.0 Å². The molecular weight excluding hydrogens is 446 g/mol. The zero-order valence-corrected chi connectivity index (χ0v) is 19.9. The molecule has 2 N–H and O–H groups in total. The number of aromatic amines is 1. The Hall–Kier alpha value is -4.27. The van der Waals surface area contributed by atoms with E-state index in [9.17, 15) is 4.79 Å². The van der Waals surface area contributed by atoms with E-state index in [0.29, 0.717) is 34.3 Å². The third-order valence-electron chi connectivity index (χ3n) is 6.14. The molecule has 0 bridgehead atoms. The number of fused-ring (bicyclic) bond motifs is 1. The molecular formula is C26H27N5O4. The maximum Gasteiger partial charge on any atom is 0.273 e. The molecule has 0 aliphatic carbocycles. The molecule has 0 spiro atoms. The molecule has 2 aromatic heterocycles. The van der Waals surface area contributed by atoms with Gasteiger partial charge in [-0.1, -0.05) is 18.2 Å². The molecule has 0 unspecified atom stereocenters. The molecule has 0 radical (unpaired) electrons. The van der Waals surface area contributed by atoms with Gasteiger partial charge in [-0.25, -0.2) is 4.98 Å². The van der Waals surface area contributed by atoms with Crippen molar-refractivity contribution in [1.82, 2.24) is 19.7 Å². The van der Waals surface area contributed by atoms with E-state index in [1.807, 2.05) is 24.3 Å². The van der Waals surface area contributed by atoms with Crippen molar-refractivity contribution in [2.45, 2.75) is 25.8 Å². The maximum absolute atomic E-state index is 13.1. The number of rotatable bonds is 7. The fourth-order valence-electron chi connectivity index (χ4n) is 4.36. The monoisotopic (exact) mass is 473 g/mol. The van der Waals surface area contributed by atoms with E-state index in [0.717, 1.165) is 48.5 Å². The highest BCUT2D eigenvalue weighted by atomic mass is 16.5. The number of hydrogen-bond donors (Lipinski definition) is 2. The van der Waals surface area contributed by atoms with Crippen molar-refractivity contribution in [3.05, 3.63) is 60.2 Å². The van der Waals surface area contributed by atoms with E-state index < -0.39 is 0 Å². The number of nitrogens with one attached hydrogen (secondary N) is 2. The van der Waals surface area contributed by atoms with Gasteiger partial charge in [0, 0.05) is 30.3 Å². The van der Waals surface area contributed by atoms with E-state index in [2.05, 4.69) is 26.3 Å². The average Bonchev–Trinajstić information content (AvgIpc) is 3.56. The standard InChI is InChI=1S/C26H27N5O4/c1-33-22-12-16(13-23(34-2)25(22)35-3)19-14-20(30-29-19)26(32)28-18-9-5-4-8-17(18)21-15-31-11-7-6-10-24(31)27-21/h4-5,8-9,12-15H,6-7,10-11H2,1-3H3,(H,28,32)(H,29,30). The molecule has 2 aromatic carbocycles. The van der Waals surface area contributed by atoms with Gasteiger partial charge in [-0.3, -0.25) is 9.89 Å². The minimum atomic E-state index is -0.299. The highest BCUT2D eigenvalue weighted by Gasteiger charge is 2.19. The van der Waals surface area contributed by atoms with Crippen LogP contribution in [0.25, 0.3) is 22.5 Å². The molecule has 0 fully saturated rings. The average molecular weight is 474 g/mol. The summed E-state index contributed by atoms with van der Waals surface area (Å²) < 4.78 is 18.4. The van der Waals surface area contributed by atoms with Crippen LogP contribution in [0.15, 0.2) is 48.7 Å². The number of methoxy groups -OCH3 is 3. The van der Waals surface area contributed by atoms with Crippen molar-refractivity contribution in [3.8, 4) is 39.8 Å². The Balaban J connectivity index is 1.41. The molecule has 0 atom stereocenters. The summed E-state index contributed by atoms with van der Waals surface area (Å²) in [6.07, 6.45) is 5.36. The van der Waals surface area contributed by atoms with E-state index in [-0.39, 0.29) is 5.91 Å². The van der Waals surface area contributed by atoms with E-state index in [4.69, 9.17) is 19.2 Å². The van der Waals surface area contributed by atoms with Gasteiger partial charge < -0.3 is 24.1 Å². The van der Waals surface area contributed by atoms with Crippen LogP contribution in [0.3, 0.4) is 0 Å². The lowest BCUT2D eigenvalue weighted by Gasteiger charge is -2.13. The van der Waals surface area contributed by atoms with Gasteiger partial charge in [-0.15, -0.1) is 0 Å². The number of carbonyl (C=O) groups excluding carboxylic acids is 1. The topological polar surface area (TPSA) is 103 Å². The van der Waals surface area contributed by atoms with Crippen molar-refractivity contribution >= 4 is 11.6 Å². The Kier molecular flexibility index (Phi) is 6.13. The number of nitrogens with zero attached hydrogens (tertiary/aromatic N) is 3. The maximum atomic E-state index is 13.1. The van der Waals surface area contributed by atoms with Gasteiger partial charge in [-0.2, -0.15) is 5.10 Å². The summed E-state index contributed by atoms with van der Waals surface area (Å²) in [5.41, 5.74) is 4.06. The smallest absolute Gasteiger partial charge is 0.273 e. The number of benzene rings is 2. The van der Waals surface area contributed by atoms with Crippen LogP contribution in [0.2, 0.25) is 0 Å². The Bertz CT molecular complexity index is 1330. The molecule has 1 aliphatic rings. The summed E-state index contributed by atoms with van der Waals surface area (Å²) in [7, 11) is 4.66. The van der Waals surface area contributed by atoms with Gasteiger partial charge in [0.15, 0.2) is 11.5 Å². The summed E-state index contributed by atoms with van der Waals surface area (Å²) in [6, 6.07) is 12.9. The molecule has 9 heteroatoms. The first kappa shape index (κ1) is 22.5. The number of ether oxygens (including phenoxy) is 3. The van der Waals surface area contributed by atoms with E-state index in [1.165, 1.54) is 0 Å². The number of imidazole rings is 1. The summed E-state index contributed by atoms with van der Waals surface area (Å²) >= 11 is 0. The van der Waals surface area contributed by atoms with Crippen LogP contribution in [0.4, 0.5) is 5.69 Å². The zero-order valence-electron chi connectivity index (χ0n) is 19.9. The second kappa shape index (κ2) is 9.54. The molecule has 5 rings (SSSR count). The Labute approximate surface area is 203 Å². The fourth-order valence-corrected chi connectivity index (χ4v) is 4.36. The summed E-state index contributed by atoms with van der Waals surface area (Å²) in [6.45, 7) is 0.981. The van der Waals surface area contributed by atoms with Gasteiger partial charge in [0.1, 0.15) is 11.5 Å². The van der Waals surface area contributed by atoms with Gasteiger partial charge in [0.05, 0.1) is 38.4 Å². The second-order valence-electron chi connectivity index (χ2n) is 8.27. The first-order valence-corrected chi connectivity index (χ1v) is 11.4. The lowest BCUT2D eigenvalue weighted by molar-refractivity contribution is 0.102. The number of carbonyl (C=O) groups is 1. The fraction of sp³-hybridized carbons (Fsp3) is 0.269. The first-order valence-electron chi connectivity index (χ1n) is 11.4. The van der Waals surface area contributed by atoms with Crippen molar-refractivity contribution in [2.75, 3.05) is 26.6 Å². The molecule has 180 valence electrons. The van der Waals surface area contributed by atoms with Gasteiger partial charge in [0.2, 0.25) is 5.75 Å². The van der Waals surface area contributed by atoms with Crippen LogP contribution in [0.5, 0.6) is 17.2 Å². The van der Waals surface area contributed by atoms with Crippen molar-refractivity contribution < 1.29 is 19.0 Å². The van der Waals surface area contributed by atoms with Crippen molar-refractivity contribution in [1.29, 1.82) is 0 Å². The lowest BCUT2D eigenvalue weighted by Crippen LogP contribution is -2.13. The molecule has 1 aliphatic heterocycles. The quantitative estimate of drug-likeness (QED) is 0.408. The number of anilines is 1. The third kappa shape index (κ3) is 4.32. The Morgan fingerprint density at radius 3 is 2.49 bits per heavy atom. The number of aryl methyl sites for hydroxylation is 2. The van der Waals surface area contributed by atoms with Crippen LogP contribution in [0.1, 0.15) is 29.2 Å². The number of hydrogen-bond acceptors (Lipinski definition) is 6. The largest absolute Gasteiger partial charge is 0.493 e. The Morgan fingerprint density at radius 1 is 1.00 bits per heavy atom. The third-order valence-corrected chi connectivity index (χ3v) is 6.14. The molecule has 1 amide bonds. The molecule has 3 heterocycles. The predicted octanol–water partition coefficient (Wildman–Crippen LogP) is 4.55. The van der Waals surface area contributed by atoms with Crippen LogP contribution in [-0.2, 0) is 13.0 Å². The summed E-state index contributed by atoms with van der Waals surface area (Å²) in [5.74, 6) is 2.30. The minimum absolute atomic E-state index is 0.299. The number of H-pyrrole nitrogens is 1. The highest BCUT2D eigenvalue weighted by Crippen LogP contribution is 2.41. The second-order valence-corrected chi connectivity index (χ2v) is 8.27. The van der Waals surface area contributed by atoms with E-state index in [1.54, 1.807) is 39.5 Å². The normalized spacial score (nSPS) is 12.7. The number of para-hydroxylation sites is 1. The van der Waals surface area contributed by atoms with Crippen molar-refractivity contribution in [3.63, 3.8) is 0 Å². The van der Waals surface area contributed by atoms with Gasteiger partial charge in [-0.05, 0) is 37.1 Å². The SMILES string of the molecule is COc1cc(-c2cc(C(=O)Nc3ccccc3-c3cn4c(n3)CCCC4)[nH]n2)cc(OC)c1OC. The zero-order chi connectivity index (χ0) is 24.4. The lowest BCUT2D eigenvalue weighted by atomic mass is 10.1. The number of amides is 1. The van der Waals surface area contributed by atoms with Crippen molar-refractivity contribution in [2.24, 2.45) is 0 Å². The van der Waals surface area contributed by atoms with Crippen LogP contribution < -0.4 is 19.5 Å². The minimum Gasteiger partial charge on any atom is -0.493 e. The van der Waals surface area contributed by atoms with Gasteiger partial charge in [0.25, 0.3) is 5.91 Å². The predicted molar refractivity (Wildman–Crippen MR) is 132 cm³/mol. The summed E-state index contributed by atoms with van der Waals surface area (Å²) in [4.78, 5) is 17.9. The molecule has 35 heavy (non-hydrogen) atoms. The Morgan fingerprint density at radius 2 is 1.77 bits per heavy atom. The molecule has 0 saturated heterocycles. The molecule has 4 aromatic rings. The van der Waals surface area contributed by atoms with E-state index >= 15 is 0 Å². The molecule has 0 saturated carbocycles. The first-order chi connectivity index (χ1) is 17.1. The van der Waals surface area contributed by atoms with Crippen LogP contribution in [0, 0.1) is 0 Å². The van der Waals surface area contributed by atoms with Crippen LogP contribution >= 0.6 is 0 Å². The number of aromatic nitrogens is 4. The summed E-state index contributed by atoms with van der Waals surface area (Å²) in [5, 5.41) is 10.2. The highest BCUT2D eigenvalue weighted by molar-refractivity contribution is 6.05. The van der Waals surface area contributed by atoms with Gasteiger partial charge >= 0.3 is 0 Å². The molecule has 9 nitrogen and oxygen atoms in total.